The van der Waals surface area contributed by atoms with Crippen LogP contribution in [0.1, 0.15) is 71.1 Å². The molecule has 8 nitrogen and oxygen atoms in total. The third-order valence-electron chi connectivity index (χ3n) is 4.41. The molecule has 152 valence electrons. The lowest BCUT2D eigenvalue weighted by Crippen LogP contribution is -2.34. The Morgan fingerprint density at radius 3 is 1.56 bits per heavy atom. The molecule has 0 aliphatic heterocycles. The minimum absolute atomic E-state index is 0.0102. The molecule has 0 saturated carbocycles. The molecule has 0 aliphatic rings. The summed E-state index contributed by atoms with van der Waals surface area (Å²) in [5, 5.41) is 6.50. The highest BCUT2D eigenvalue weighted by Gasteiger charge is 2.58. The molecule has 0 unspecified atom stereocenters. The van der Waals surface area contributed by atoms with Crippen molar-refractivity contribution >= 4 is 15.2 Å². The largest absolute Gasteiger partial charge is 0.369 e. The standard InChI is InChI=1S/C15H35NO7P2/c1-3-4-5-6-7-8-9-10-11-13-16(2)14-12-15(17,24(18,19)20)25(21,22)23/h17H,3-14H2,1-2H3,(H2,18,19,20)(H2,21,22,23). The molecule has 0 fully saturated rings. The van der Waals surface area contributed by atoms with Crippen LogP contribution >= 0.6 is 15.2 Å². The topological polar surface area (TPSA) is 139 Å². The maximum atomic E-state index is 11.3. The Hall–Kier alpha value is 0.220. The highest BCUT2D eigenvalue weighted by atomic mass is 31.2. The SMILES string of the molecule is CCCCCCCCCCCN(C)CCC(O)(P(=O)(O)O)P(=O)(O)O. The molecule has 0 radical (unpaired) electrons. The minimum atomic E-state index is -5.35. The molecule has 0 aromatic carbocycles. The van der Waals surface area contributed by atoms with E-state index in [9.17, 15) is 14.2 Å². The average molecular weight is 403 g/mol. The molecule has 0 aliphatic carbocycles. The van der Waals surface area contributed by atoms with Crippen molar-refractivity contribution in [3.63, 3.8) is 0 Å². The van der Waals surface area contributed by atoms with Crippen LogP contribution in [0, 0.1) is 0 Å². The number of hydrogen-bond acceptors (Lipinski definition) is 4. The summed E-state index contributed by atoms with van der Waals surface area (Å²) in [7, 11) is -9.01. The van der Waals surface area contributed by atoms with Gasteiger partial charge in [0, 0.05) is 13.0 Å². The molecule has 0 rings (SSSR count). The molecule has 0 aromatic rings. The summed E-state index contributed by atoms with van der Waals surface area (Å²) in [6.45, 7) is 2.83. The van der Waals surface area contributed by atoms with Gasteiger partial charge in [-0.2, -0.15) is 0 Å². The Labute approximate surface area is 151 Å². The number of unbranched alkanes of at least 4 members (excludes halogenated alkanes) is 8. The summed E-state index contributed by atoms with van der Waals surface area (Å²) in [5.74, 6) is 0. The summed E-state index contributed by atoms with van der Waals surface area (Å²) < 4.78 is 22.5. The van der Waals surface area contributed by atoms with Gasteiger partial charge >= 0.3 is 15.2 Å². The second-order valence-electron chi connectivity index (χ2n) is 6.74. The second-order valence-corrected chi connectivity index (χ2v) is 10.8. The summed E-state index contributed by atoms with van der Waals surface area (Å²) in [4.78, 5) is 38.1. The maximum absolute atomic E-state index is 11.3. The van der Waals surface area contributed by atoms with Crippen LogP contribution in [0.15, 0.2) is 0 Å². The Morgan fingerprint density at radius 1 is 0.760 bits per heavy atom. The predicted molar refractivity (Wildman–Crippen MR) is 98.4 cm³/mol. The lowest BCUT2D eigenvalue weighted by Gasteiger charge is -2.30. The van der Waals surface area contributed by atoms with Crippen molar-refractivity contribution < 1.29 is 33.8 Å². The average Bonchev–Trinajstić information content (AvgIpc) is 2.48. The van der Waals surface area contributed by atoms with Crippen molar-refractivity contribution in [2.75, 3.05) is 20.1 Å². The van der Waals surface area contributed by atoms with Crippen LogP contribution in [0.4, 0.5) is 0 Å². The Morgan fingerprint density at radius 2 is 1.16 bits per heavy atom. The second kappa shape index (κ2) is 11.8. The van der Waals surface area contributed by atoms with E-state index in [0.29, 0.717) is 6.54 Å². The van der Waals surface area contributed by atoms with Gasteiger partial charge in [-0.1, -0.05) is 58.3 Å². The highest BCUT2D eigenvalue weighted by molar-refractivity contribution is 7.72. The van der Waals surface area contributed by atoms with Crippen LogP contribution in [-0.4, -0.2) is 54.8 Å². The van der Waals surface area contributed by atoms with E-state index in [-0.39, 0.29) is 6.54 Å². The van der Waals surface area contributed by atoms with E-state index in [1.54, 1.807) is 11.9 Å². The monoisotopic (exact) mass is 403 g/mol. The molecule has 10 heteroatoms. The van der Waals surface area contributed by atoms with Gasteiger partial charge in [-0.3, -0.25) is 9.13 Å². The number of rotatable bonds is 15. The minimum Gasteiger partial charge on any atom is -0.367 e. The zero-order chi connectivity index (χ0) is 19.6. The zero-order valence-electron chi connectivity index (χ0n) is 15.4. The normalized spacial score (nSPS) is 13.6. The molecule has 0 saturated heterocycles. The molecule has 0 spiro atoms. The number of hydrogen-bond donors (Lipinski definition) is 5. The van der Waals surface area contributed by atoms with Gasteiger partial charge in [0.05, 0.1) is 0 Å². The van der Waals surface area contributed by atoms with E-state index in [2.05, 4.69) is 6.92 Å². The molecule has 25 heavy (non-hydrogen) atoms. The van der Waals surface area contributed by atoms with Gasteiger partial charge in [-0.05, 0) is 20.0 Å². The summed E-state index contributed by atoms with van der Waals surface area (Å²) in [6.07, 6.45) is 9.93. The van der Waals surface area contributed by atoms with E-state index in [1.807, 2.05) is 0 Å². The van der Waals surface area contributed by atoms with Gasteiger partial charge < -0.3 is 29.6 Å². The van der Waals surface area contributed by atoms with Crippen molar-refractivity contribution in [1.29, 1.82) is 0 Å². The first-order valence-corrected chi connectivity index (χ1v) is 12.2. The lowest BCUT2D eigenvalue weighted by atomic mass is 10.1. The van der Waals surface area contributed by atoms with Crippen molar-refractivity contribution in [1.82, 2.24) is 4.90 Å². The molecule has 0 amide bonds. The first kappa shape index (κ1) is 25.2. The molecule has 0 bridgehead atoms. The van der Waals surface area contributed by atoms with Crippen LogP contribution in [0.25, 0.3) is 0 Å². The van der Waals surface area contributed by atoms with Gasteiger partial charge in [0.1, 0.15) is 0 Å². The van der Waals surface area contributed by atoms with E-state index in [4.69, 9.17) is 19.6 Å². The molecule has 0 atom stereocenters. The van der Waals surface area contributed by atoms with E-state index < -0.39 is 26.7 Å². The molecule has 0 heterocycles. The third kappa shape index (κ3) is 9.64. The Balaban J connectivity index is 4.01. The van der Waals surface area contributed by atoms with Crippen molar-refractivity contribution in [2.45, 2.75) is 76.2 Å². The molecular weight excluding hydrogens is 368 g/mol. The quantitative estimate of drug-likeness (QED) is 0.208. The summed E-state index contributed by atoms with van der Waals surface area (Å²) >= 11 is 0. The van der Waals surface area contributed by atoms with Crippen LogP contribution < -0.4 is 0 Å². The van der Waals surface area contributed by atoms with Crippen LogP contribution in [-0.2, 0) is 9.13 Å². The van der Waals surface area contributed by atoms with Crippen molar-refractivity contribution in [3.05, 3.63) is 0 Å². The molecule has 0 aromatic heterocycles. The fourth-order valence-electron chi connectivity index (χ4n) is 2.61. The van der Waals surface area contributed by atoms with Gasteiger partial charge in [0.15, 0.2) is 0 Å². The van der Waals surface area contributed by atoms with Crippen molar-refractivity contribution in [3.8, 4) is 0 Å². The maximum Gasteiger partial charge on any atom is 0.369 e. The van der Waals surface area contributed by atoms with Gasteiger partial charge in [0.25, 0.3) is 5.08 Å². The van der Waals surface area contributed by atoms with E-state index in [0.717, 1.165) is 19.3 Å². The van der Waals surface area contributed by atoms with Gasteiger partial charge in [-0.15, -0.1) is 0 Å². The summed E-state index contributed by atoms with van der Waals surface area (Å²) in [5.41, 5.74) is 0. The fourth-order valence-corrected chi connectivity index (χ4v) is 4.75. The highest BCUT2D eigenvalue weighted by Crippen LogP contribution is 2.68. The van der Waals surface area contributed by atoms with Crippen LogP contribution in [0.3, 0.4) is 0 Å². The van der Waals surface area contributed by atoms with Crippen LogP contribution in [0.2, 0.25) is 0 Å². The van der Waals surface area contributed by atoms with E-state index in [1.165, 1.54) is 38.5 Å². The zero-order valence-corrected chi connectivity index (χ0v) is 17.2. The fraction of sp³-hybridized carbons (Fsp3) is 1.00. The van der Waals surface area contributed by atoms with Crippen LogP contribution in [0.5, 0.6) is 0 Å². The Bertz CT molecular complexity index is 427. The first-order valence-electron chi connectivity index (χ1n) is 8.98. The summed E-state index contributed by atoms with van der Waals surface area (Å²) in [6, 6.07) is 0. The van der Waals surface area contributed by atoms with Crippen molar-refractivity contribution in [2.24, 2.45) is 0 Å². The van der Waals surface area contributed by atoms with E-state index >= 15 is 0 Å². The smallest absolute Gasteiger partial charge is 0.367 e. The Kier molecular flexibility index (Phi) is 11.9. The van der Waals surface area contributed by atoms with Gasteiger partial charge in [0.2, 0.25) is 0 Å². The lowest BCUT2D eigenvalue weighted by molar-refractivity contribution is 0.112. The molecule has 5 N–H and O–H groups in total. The molecular formula is C15H35NO7P2. The third-order valence-corrected chi connectivity index (χ3v) is 8.28. The first-order chi connectivity index (χ1) is 11.5. The predicted octanol–water partition coefficient (Wildman–Crippen LogP) is 2.84. The van der Waals surface area contributed by atoms with Gasteiger partial charge in [-0.25, -0.2) is 0 Å². The number of nitrogens with zero attached hydrogens (tertiary/aromatic N) is 1. The number of aliphatic hydroxyl groups is 1.